The van der Waals surface area contributed by atoms with Crippen LogP contribution < -0.4 is 10.6 Å². The van der Waals surface area contributed by atoms with Gasteiger partial charge in [-0.3, -0.25) is 4.79 Å². The highest BCUT2D eigenvalue weighted by molar-refractivity contribution is 6.33. The predicted octanol–water partition coefficient (Wildman–Crippen LogP) is 1.75. The minimum Gasteiger partial charge on any atom is -0.369 e. The molecule has 5 heteroatoms. The number of pyridine rings is 1. The van der Waals surface area contributed by atoms with E-state index in [-0.39, 0.29) is 11.8 Å². The normalized spacial score (nSPS) is 17.2. The van der Waals surface area contributed by atoms with E-state index >= 15 is 0 Å². The van der Waals surface area contributed by atoms with Gasteiger partial charge in [-0.1, -0.05) is 11.6 Å². The van der Waals surface area contributed by atoms with Crippen molar-refractivity contribution in [2.45, 2.75) is 19.8 Å². The second-order valence-corrected chi connectivity index (χ2v) is 4.89. The third-order valence-electron chi connectivity index (χ3n) is 3.16. The van der Waals surface area contributed by atoms with E-state index in [0.29, 0.717) is 5.02 Å². The highest BCUT2D eigenvalue weighted by Gasteiger charge is 2.24. The zero-order valence-corrected chi connectivity index (χ0v) is 10.6. The lowest BCUT2D eigenvalue weighted by atomic mass is 9.96. The van der Waals surface area contributed by atoms with Gasteiger partial charge < -0.3 is 10.6 Å². The maximum Gasteiger partial charge on any atom is 0.220 e. The lowest BCUT2D eigenvalue weighted by Gasteiger charge is -2.31. The van der Waals surface area contributed by atoms with Gasteiger partial charge in [0.15, 0.2) is 0 Å². The Morgan fingerprint density at radius 3 is 2.71 bits per heavy atom. The van der Waals surface area contributed by atoms with Crippen molar-refractivity contribution in [2.24, 2.45) is 11.7 Å². The van der Waals surface area contributed by atoms with E-state index in [9.17, 15) is 4.79 Å². The number of aryl methyl sites for hydroxylation is 1. The summed E-state index contributed by atoms with van der Waals surface area (Å²) in [6.45, 7) is 3.52. The van der Waals surface area contributed by atoms with Crippen molar-refractivity contribution in [1.82, 2.24) is 4.98 Å². The van der Waals surface area contributed by atoms with Gasteiger partial charge in [0.2, 0.25) is 5.91 Å². The number of nitrogens with zero attached hydrogens (tertiary/aromatic N) is 2. The Morgan fingerprint density at radius 1 is 1.53 bits per heavy atom. The van der Waals surface area contributed by atoms with Gasteiger partial charge in [-0.2, -0.15) is 0 Å². The van der Waals surface area contributed by atoms with Crippen LogP contribution in [0.4, 0.5) is 5.82 Å². The van der Waals surface area contributed by atoms with Gasteiger partial charge in [0, 0.05) is 25.2 Å². The summed E-state index contributed by atoms with van der Waals surface area (Å²) in [4.78, 5) is 17.5. The first-order chi connectivity index (χ1) is 8.08. The average Bonchev–Trinajstić information content (AvgIpc) is 2.29. The van der Waals surface area contributed by atoms with Crippen LogP contribution >= 0.6 is 11.6 Å². The molecule has 1 aromatic rings. The molecule has 1 saturated heterocycles. The van der Waals surface area contributed by atoms with Crippen molar-refractivity contribution in [2.75, 3.05) is 18.0 Å². The van der Waals surface area contributed by atoms with E-state index in [4.69, 9.17) is 17.3 Å². The number of rotatable bonds is 2. The van der Waals surface area contributed by atoms with Gasteiger partial charge >= 0.3 is 0 Å². The fourth-order valence-electron chi connectivity index (χ4n) is 2.13. The highest BCUT2D eigenvalue weighted by Crippen LogP contribution is 2.28. The summed E-state index contributed by atoms with van der Waals surface area (Å²) in [5.74, 6) is 0.600. The number of carbonyl (C=O) groups is 1. The molecule has 92 valence electrons. The molecule has 4 nitrogen and oxygen atoms in total. The summed E-state index contributed by atoms with van der Waals surface area (Å²) in [6, 6.07) is 1.91. The standard InChI is InChI=1S/C12H16ClN3O/c1-8-6-10(13)12(15-7-8)16-4-2-9(3-5-16)11(14)17/h6-7,9H,2-5H2,1H3,(H2,14,17). The molecule has 2 heterocycles. The molecule has 0 aliphatic carbocycles. The number of aromatic nitrogens is 1. The van der Waals surface area contributed by atoms with Crippen LogP contribution in [-0.4, -0.2) is 24.0 Å². The van der Waals surface area contributed by atoms with E-state index in [0.717, 1.165) is 37.3 Å². The lowest BCUT2D eigenvalue weighted by molar-refractivity contribution is -0.122. The van der Waals surface area contributed by atoms with E-state index < -0.39 is 0 Å². The van der Waals surface area contributed by atoms with E-state index in [1.54, 1.807) is 6.20 Å². The second kappa shape index (κ2) is 4.92. The summed E-state index contributed by atoms with van der Waals surface area (Å²) in [6.07, 6.45) is 3.36. The zero-order valence-electron chi connectivity index (χ0n) is 9.82. The Kier molecular flexibility index (Phi) is 3.52. The largest absolute Gasteiger partial charge is 0.369 e. The topological polar surface area (TPSA) is 59.2 Å². The summed E-state index contributed by atoms with van der Waals surface area (Å²) in [7, 11) is 0. The van der Waals surface area contributed by atoms with Crippen LogP contribution in [0.15, 0.2) is 12.3 Å². The molecular formula is C12H16ClN3O. The smallest absolute Gasteiger partial charge is 0.220 e. The number of nitrogens with two attached hydrogens (primary N) is 1. The first kappa shape index (κ1) is 12.2. The molecule has 0 atom stereocenters. The van der Waals surface area contributed by atoms with Crippen LogP contribution in [0.1, 0.15) is 18.4 Å². The Bertz CT molecular complexity index is 428. The number of anilines is 1. The van der Waals surface area contributed by atoms with Gasteiger partial charge in [0.05, 0.1) is 5.02 Å². The molecule has 0 bridgehead atoms. The molecule has 0 saturated carbocycles. The van der Waals surface area contributed by atoms with Gasteiger partial charge in [-0.05, 0) is 31.4 Å². The first-order valence-corrected chi connectivity index (χ1v) is 6.12. The molecule has 0 spiro atoms. The van der Waals surface area contributed by atoms with E-state index in [1.807, 2.05) is 13.0 Å². The SMILES string of the molecule is Cc1cnc(N2CCC(C(N)=O)CC2)c(Cl)c1. The first-order valence-electron chi connectivity index (χ1n) is 5.74. The fourth-order valence-corrected chi connectivity index (χ4v) is 2.48. The molecule has 1 aromatic heterocycles. The van der Waals surface area contributed by atoms with E-state index in [2.05, 4.69) is 9.88 Å². The molecule has 1 amide bonds. The van der Waals surface area contributed by atoms with Crippen molar-refractivity contribution in [3.63, 3.8) is 0 Å². The zero-order chi connectivity index (χ0) is 12.4. The fraction of sp³-hybridized carbons (Fsp3) is 0.500. The third kappa shape index (κ3) is 2.69. The molecule has 2 N–H and O–H groups in total. The van der Waals surface area contributed by atoms with Gasteiger partial charge in [-0.15, -0.1) is 0 Å². The maximum atomic E-state index is 11.1. The quantitative estimate of drug-likeness (QED) is 0.874. The van der Waals surface area contributed by atoms with Crippen molar-refractivity contribution in [3.05, 3.63) is 22.8 Å². The van der Waals surface area contributed by atoms with Crippen LogP contribution in [0.25, 0.3) is 0 Å². The van der Waals surface area contributed by atoms with Crippen molar-refractivity contribution >= 4 is 23.3 Å². The average molecular weight is 254 g/mol. The van der Waals surface area contributed by atoms with Gasteiger partial charge in [-0.25, -0.2) is 4.98 Å². The van der Waals surface area contributed by atoms with Crippen LogP contribution in [0, 0.1) is 12.8 Å². The van der Waals surface area contributed by atoms with Crippen molar-refractivity contribution in [3.8, 4) is 0 Å². The molecular weight excluding hydrogens is 238 g/mol. The number of hydrogen-bond donors (Lipinski definition) is 1. The molecule has 2 rings (SSSR count). The second-order valence-electron chi connectivity index (χ2n) is 4.48. The monoisotopic (exact) mass is 253 g/mol. The Morgan fingerprint density at radius 2 is 2.18 bits per heavy atom. The molecule has 0 radical (unpaired) electrons. The number of amides is 1. The Labute approximate surface area is 106 Å². The van der Waals surface area contributed by atoms with Gasteiger partial charge in [0.25, 0.3) is 0 Å². The highest BCUT2D eigenvalue weighted by atomic mass is 35.5. The minimum absolute atomic E-state index is 0.00419. The van der Waals surface area contributed by atoms with Crippen LogP contribution in [0.3, 0.4) is 0 Å². The summed E-state index contributed by atoms with van der Waals surface area (Å²) in [5, 5.41) is 0.669. The number of primary amides is 1. The number of piperidine rings is 1. The summed E-state index contributed by atoms with van der Waals surface area (Å²) < 4.78 is 0. The predicted molar refractivity (Wildman–Crippen MR) is 68.1 cm³/mol. The number of halogens is 1. The molecule has 0 unspecified atom stereocenters. The Balaban J connectivity index is 2.08. The summed E-state index contributed by atoms with van der Waals surface area (Å²) in [5.41, 5.74) is 6.35. The molecule has 1 aliphatic rings. The van der Waals surface area contributed by atoms with Gasteiger partial charge in [0.1, 0.15) is 5.82 Å². The lowest BCUT2D eigenvalue weighted by Crippen LogP contribution is -2.39. The van der Waals surface area contributed by atoms with Crippen molar-refractivity contribution in [1.29, 1.82) is 0 Å². The molecule has 0 aromatic carbocycles. The Hall–Kier alpha value is -1.29. The molecule has 1 fully saturated rings. The minimum atomic E-state index is -0.201. The van der Waals surface area contributed by atoms with Crippen LogP contribution in [-0.2, 0) is 4.79 Å². The maximum absolute atomic E-state index is 11.1. The van der Waals surface area contributed by atoms with Crippen LogP contribution in [0.5, 0.6) is 0 Å². The third-order valence-corrected chi connectivity index (χ3v) is 3.43. The molecule has 17 heavy (non-hydrogen) atoms. The molecule has 1 aliphatic heterocycles. The number of hydrogen-bond acceptors (Lipinski definition) is 3. The number of carbonyl (C=O) groups excluding carboxylic acids is 1. The van der Waals surface area contributed by atoms with E-state index in [1.165, 1.54) is 0 Å². The van der Waals surface area contributed by atoms with Crippen LogP contribution in [0.2, 0.25) is 5.02 Å². The summed E-state index contributed by atoms with van der Waals surface area (Å²) >= 11 is 6.17. The van der Waals surface area contributed by atoms with Crippen molar-refractivity contribution < 1.29 is 4.79 Å².